The number of benzene rings is 2. The minimum Gasteiger partial charge on any atom is -0.397 e. The average Bonchev–Trinajstić information content (AvgIpc) is 2.26. The quantitative estimate of drug-likeness (QED) is 0.523. The zero-order valence-electron chi connectivity index (χ0n) is 8.68. The van der Waals surface area contributed by atoms with Gasteiger partial charge in [0.05, 0.1) is 14.9 Å². The highest BCUT2D eigenvalue weighted by atomic mass is 127. The Balaban J connectivity index is 2.33. The molecule has 0 aliphatic carbocycles. The molecule has 17 heavy (non-hydrogen) atoms. The van der Waals surface area contributed by atoms with Crippen LogP contribution in [0.25, 0.3) is 0 Å². The van der Waals surface area contributed by atoms with Crippen molar-refractivity contribution in [2.24, 2.45) is 0 Å². The topological polar surface area (TPSA) is 38.0 Å². The van der Waals surface area contributed by atoms with Gasteiger partial charge in [-0.25, -0.2) is 4.39 Å². The van der Waals surface area contributed by atoms with Crippen molar-refractivity contribution in [1.82, 2.24) is 0 Å². The second kappa shape index (κ2) is 5.38. The van der Waals surface area contributed by atoms with Gasteiger partial charge in [0.15, 0.2) is 0 Å². The summed E-state index contributed by atoms with van der Waals surface area (Å²) >= 11 is 4.14. The first kappa shape index (κ1) is 12.9. The third-order valence-corrected chi connectivity index (χ3v) is 3.69. The van der Waals surface area contributed by atoms with Crippen molar-refractivity contribution in [3.8, 4) is 0 Å². The number of nitrogens with one attached hydrogen (secondary N) is 1. The standard InChI is InChI=1S/C12H9FI2N2/c13-9-5-12(11(16)6-10(9)15)17-8-3-1-2-7(14)4-8/h1-6,17H,16H2. The Morgan fingerprint density at radius 2 is 1.88 bits per heavy atom. The van der Waals surface area contributed by atoms with Gasteiger partial charge in [0, 0.05) is 15.3 Å². The molecule has 0 bridgehead atoms. The van der Waals surface area contributed by atoms with Gasteiger partial charge in [0.2, 0.25) is 0 Å². The van der Waals surface area contributed by atoms with E-state index in [9.17, 15) is 4.39 Å². The summed E-state index contributed by atoms with van der Waals surface area (Å²) in [4.78, 5) is 0. The predicted octanol–water partition coefficient (Wildman–Crippen LogP) is 4.36. The highest BCUT2D eigenvalue weighted by molar-refractivity contribution is 14.1. The van der Waals surface area contributed by atoms with Crippen LogP contribution in [0.5, 0.6) is 0 Å². The predicted molar refractivity (Wildman–Crippen MR) is 86.0 cm³/mol. The Morgan fingerprint density at radius 3 is 2.59 bits per heavy atom. The van der Waals surface area contributed by atoms with Crippen LogP contribution in [0.2, 0.25) is 0 Å². The third-order valence-electron chi connectivity index (χ3n) is 2.20. The molecule has 5 heteroatoms. The van der Waals surface area contributed by atoms with E-state index in [4.69, 9.17) is 5.73 Å². The molecule has 0 saturated carbocycles. The monoisotopic (exact) mass is 454 g/mol. The number of halogens is 3. The van der Waals surface area contributed by atoms with Crippen molar-refractivity contribution < 1.29 is 4.39 Å². The molecule has 2 rings (SSSR count). The van der Waals surface area contributed by atoms with Gasteiger partial charge in [-0.3, -0.25) is 0 Å². The second-order valence-electron chi connectivity index (χ2n) is 3.49. The first-order chi connectivity index (χ1) is 8.06. The summed E-state index contributed by atoms with van der Waals surface area (Å²) in [5.74, 6) is -0.270. The van der Waals surface area contributed by atoms with Crippen molar-refractivity contribution in [2.45, 2.75) is 0 Å². The zero-order valence-corrected chi connectivity index (χ0v) is 13.0. The molecule has 0 aliphatic rings. The SMILES string of the molecule is Nc1cc(I)c(F)cc1Nc1cccc(I)c1. The number of nitrogen functional groups attached to an aromatic ring is 1. The maximum atomic E-state index is 13.4. The van der Waals surface area contributed by atoms with E-state index in [0.717, 1.165) is 9.26 Å². The van der Waals surface area contributed by atoms with Crippen molar-refractivity contribution in [3.63, 3.8) is 0 Å². The summed E-state index contributed by atoms with van der Waals surface area (Å²) in [5, 5.41) is 3.11. The van der Waals surface area contributed by atoms with Gasteiger partial charge in [0.25, 0.3) is 0 Å². The molecule has 0 radical (unpaired) electrons. The van der Waals surface area contributed by atoms with Gasteiger partial charge in [0.1, 0.15) is 5.82 Å². The molecule has 2 aromatic carbocycles. The molecular weight excluding hydrogens is 445 g/mol. The maximum absolute atomic E-state index is 13.4. The first-order valence-corrected chi connectivity index (χ1v) is 6.99. The van der Waals surface area contributed by atoms with Crippen LogP contribution in [-0.4, -0.2) is 0 Å². The van der Waals surface area contributed by atoms with Crippen molar-refractivity contribution in [1.29, 1.82) is 0 Å². The minimum absolute atomic E-state index is 0.270. The lowest BCUT2D eigenvalue weighted by Crippen LogP contribution is -1.98. The molecule has 0 heterocycles. The lowest BCUT2D eigenvalue weighted by atomic mass is 10.2. The molecule has 3 N–H and O–H groups in total. The molecule has 88 valence electrons. The Labute approximate surface area is 126 Å². The summed E-state index contributed by atoms with van der Waals surface area (Å²) in [6, 6.07) is 10.8. The summed E-state index contributed by atoms with van der Waals surface area (Å²) in [7, 11) is 0. The smallest absolute Gasteiger partial charge is 0.138 e. The average molecular weight is 454 g/mol. The normalized spacial score (nSPS) is 10.3. The van der Waals surface area contributed by atoms with Crippen LogP contribution in [0, 0.1) is 13.0 Å². The number of nitrogens with two attached hydrogens (primary N) is 1. The Kier molecular flexibility index (Phi) is 4.08. The van der Waals surface area contributed by atoms with Crippen LogP contribution in [0.4, 0.5) is 21.5 Å². The zero-order chi connectivity index (χ0) is 12.4. The molecule has 0 atom stereocenters. The van der Waals surface area contributed by atoms with Crippen molar-refractivity contribution in [3.05, 3.63) is 49.4 Å². The number of hydrogen-bond donors (Lipinski definition) is 2. The molecular formula is C12H9FI2N2. The molecule has 0 unspecified atom stereocenters. The largest absolute Gasteiger partial charge is 0.397 e. The summed E-state index contributed by atoms with van der Waals surface area (Å²) in [6.45, 7) is 0. The van der Waals surface area contributed by atoms with E-state index in [-0.39, 0.29) is 5.82 Å². The van der Waals surface area contributed by atoms with Crippen LogP contribution in [0.15, 0.2) is 36.4 Å². The van der Waals surface area contributed by atoms with E-state index in [2.05, 4.69) is 27.9 Å². The van der Waals surface area contributed by atoms with E-state index in [1.54, 1.807) is 6.07 Å². The Bertz CT molecular complexity index is 558. The molecule has 0 saturated heterocycles. The van der Waals surface area contributed by atoms with E-state index in [1.165, 1.54) is 6.07 Å². The molecule has 0 aromatic heterocycles. The summed E-state index contributed by atoms with van der Waals surface area (Å²) < 4.78 is 15.1. The van der Waals surface area contributed by atoms with Gasteiger partial charge in [-0.2, -0.15) is 0 Å². The first-order valence-electron chi connectivity index (χ1n) is 4.83. The van der Waals surface area contributed by atoms with E-state index >= 15 is 0 Å². The van der Waals surface area contributed by atoms with Gasteiger partial charge >= 0.3 is 0 Å². The maximum Gasteiger partial charge on any atom is 0.138 e. The van der Waals surface area contributed by atoms with E-state index in [0.29, 0.717) is 14.9 Å². The van der Waals surface area contributed by atoms with Crippen molar-refractivity contribution in [2.75, 3.05) is 11.1 Å². The van der Waals surface area contributed by atoms with Crippen LogP contribution in [0.3, 0.4) is 0 Å². The molecule has 0 aliphatic heterocycles. The fraction of sp³-hybridized carbons (Fsp3) is 0. The molecule has 0 amide bonds. The van der Waals surface area contributed by atoms with Crippen LogP contribution in [0.1, 0.15) is 0 Å². The third kappa shape index (κ3) is 3.21. The lowest BCUT2D eigenvalue weighted by molar-refractivity contribution is 0.621. The molecule has 0 fully saturated rings. The molecule has 2 nitrogen and oxygen atoms in total. The minimum atomic E-state index is -0.270. The molecule has 0 spiro atoms. The van der Waals surface area contributed by atoms with Gasteiger partial charge in [-0.05, 0) is 69.4 Å². The van der Waals surface area contributed by atoms with Crippen LogP contribution >= 0.6 is 45.2 Å². The van der Waals surface area contributed by atoms with Gasteiger partial charge < -0.3 is 11.1 Å². The lowest BCUT2D eigenvalue weighted by Gasteiger charge is -2.10. The second-order valence-corrected chi connectivity index (χ2v) is 5.90. The Hall–Kier alpha value is -0.570. The van der Waals surface area contributed by atoms with Crippen LogP contribution < -0.4 is 11.1 Å². The van der Waals surface area contributed by atoms with E-state index in [1.807, 2.05) is 46.9 Å². The Morgan fingerprint density at radius 1 is 1.12 bits per heavy atom. The summed E-state index contributed by atoms with van der Waals surface area (Å²) in [5.41, 5.74) is 7.86. The fourth-order valence-corrected chi connectivity index (χ4v) is 2.43. The number of rotatable bonds is 2. The fourth-order valence-electron chi connectivity index (χ4n) is 1.39. The van der Waals surface area contributed by atoms with Crippen molar-refractivity contribution >= 4 is 62.2 Å². The molecule has 2 aromatic rings. The van der Waals surface area contributed by atoms with Crippen LogP contribution in [-0.2, 0) is 0 Å². The number of anilines is 3. The summed E-state index contributed by atoms with van der Waals surface area (Å²) in [6.07, 6.45) is 0. The van der Waals surface area contributed by atoms with Gasteiger partial charge in [-0.1, -0.05) is 6.07 Å². The van der Waals surface area contributed by atoms with Gasteiger partial charge in [-0.15, -0.1) is 0 Å². The highest BCUT2D eigenvalue weighted by Crippen LogP contribution is 2.27. The highest BCUT2D eigenvalue weighted by Gasteiger charge is 2.06. The van der Waals surface area contributed by atoms with E-state index < -0.39 is 0 Å². The number of hydrogen-bond acceptors (Lipinski definition) is 2.